The maximum atomic E-state index is 11.0. The predicted octanol–water partition coefficient (Wildman–Crippen LogP) is 0.511. The summed E-state index contributed by atoms with van der Waals surface area (Å²) in [5.41, 5.74) is 6.38. The van der Waals surface area contributed by atoms with Gasteiger partial charge in [-0.05, 0) is 32.8 Å². The van der Waals surface area contributed by atoms with E-state index in [1.807, 2.05) is 19.9 Å². The number of aliphatic imine (C=N–C) groups is 1. The first-order valence-corrected chi connectivity index (χ1v) is 8.01. The van der Waals surface area contributed by atoms with Crippen molar-refractivity contribution in [2.24, 2.45) is 10.7 Å². The molecular formula is C16H27N5O2. The fourth-order valence-electron chi connectivity index (χ4n) is 2.88. The highest BCUT2D eigenvalue weighted by Crippen LogP contribution is 2.13. The number of furan rings is 1. The highest BCUT2D eigenvalue weighted by atomic mass is 16.3. The minimum absolute atomic E-state index is 0.264. The summed E-state index contributed by atoms with van der Waals surface area (Å²) in [6, 6.07) is 2.40. The number of guanidine groups is 1. The molecule has 1 aliphatic heterocycles. The van der Waals surface area contributed by atoms with Crippen LogP contribution in [0.15, 0.2) is 15.5 Å². The van der Waals surface area contributed by atoms with Crippen molar-refractivity contribution in [2.75, 3.05) is 26.7 Å². The van der Waals surface area contributed by atoms with Gasteiger partial charge in [0.15, 0.2) is 5.96 Å². The molecule has 1 aliphatic rings. The fourth-order valence-corrected chi connectivity index (χ4v) is 2.88. The minimum Gasteiger partial charge on any atom is -0.466 e. The molecule has 0 radical (unpaired) electrons. The van der Waals surface area contributed by atoms with Crippen molar-refractivity contribution in [3.05, 3.63) is 23.2 Å². The lowest BCUT2D eigenvalue weighted by Gasteiger charge is -2.32. The van der Waals surface area contributed by atoms with Crippen molar-refractivity contribution in [2.45, 2.75) is 39.3 Å². The number of amides is 1. The van der Waals surface area contributed by atoms with E-state index in [1.54, 1.807) is 7.05 Å². The van der Waals surface area contributed by atoms with Crippen LogP contribution in [0.1, 0.15) is 29.9 Å². The molecule has 23 heavy (non-hydrogen) atoms. The fraction of sp³-hybridized carbons (Fsp3) is 0.625. The first-order chi connectivity index (χ1) is 11.0. The number of likely N-dealkylation sites (tertiary alicyclic amines) is 1. The molecule has 0 aromatic carbocycles. The zero-order valence-corrected chi connectivity index (χ0v) is 14.2. The summed E-state index contributed by atoms with van der Waals surface area (Å²) in [6.45, 7) is 6.69. The molecule has 1 aromatic rings. The molecule has 1 fully saturated rings. The Labute approximate surface area is 137 Å². The van der Waals surface area contributed by atoms with Gasteiger partial charge in [0.25, 0.3) is 0 Å². The van der Waals surface area contributed by atoms with E-state index in [0.29, 0.717) is 19.1 Å². The van der Waals surface area contributed by atoms with Crippen LogP contribution in [-0.4, -0.2) is 49.5 Å². The maximum Gasteiger partial charge on any atom is 0.231 e. The Kier molecular flexibility index (Phi) is 6.04. The van der Waals surface area contributed by atoms with E-state index in [0.717, 1.165) is 49.0 Å². The Morgan fingerprint density at radius 3 is 2.65 bits per heavy atom. The third-order valence-electron chi connectivity index (χ3n) is 4.12. The number of nitrogens with two attached hydrogens (primary N) is 1. The van der Waals surface area contributed by atoms with Crippen LogP contribution in [0.3, 0.4) is 0 Å². The van der Waals surface area contributed by atoms with E-state index in [9.17, 15) is 4.79 Å². The lowest BCUT2D eigenvalue weighted by molar-refractivity contribution is -0.119. The first kappa shape index (κ1) is 17.3. The molecule has 1 aromatic heterocycles. The quantitative estimate of drug-likeness (QED) is 0.542. The van der Waals surface area contributed by atoms with Crippen LogP contribution in [0.25, 0.3) is 0 Å². The summed E-state index contributed by atoms with van der Waals surface area (Å²) in [7, 11) is 1.77. The van der Waals surface area contributed by atoms with E-state index < -0.39 is 0 Å². The van der Waals surface area contributed by atoms with E-state index in [1.165, 1.54) is 0 Å². The number of hydrogen-bond acceptors (Lipinski definition) is 4. The number of hydrogen-bond donors (Lipinski definition) is 3. The highest BCUT2D eigenvalue weighted by molar-refractivity contribution is 5.80. The highest BCUT2D eigenvalue weighted by Gasteiger charge is 2.20. The third-order valence-corrected chi connectivity index (χ3v) is 4.12. The second kappa shape index (κ2) is 8.01. The zero-order valence-electron chi connectivity index (χ0n) is 14.2. The molecule has 4 N–H and O–H groups in total. The van der Waals surface area contributed by atoms with Crippen LogP contribution in [0, 0.1) is 13.8 Å². The van der Waals surface area contributed by atoms with E-state index in [-0.39, 0.29) is 5.91 Å². The Bertz CT molecular complexity index is 559. The van der Waals surface area contributed by atoms with Gasteiger partial charge in [0.1, 0.15) is 11.5 Å². The number of piperidine rings is 1. The first-order valence-electron chi connectivity index (χ1n) is 8.01. The largest absolute Gasteiger partial charge is 0.466 e. The van der Waals surface area contributed by atoms with Crippen molar-refractivity contribution < 1.29 is 9.21 Å². The number of primary amides is 1. The Balaban J connectivity index is 1.77. The minimum atomic E-state index is -0.264. The molecule has 128 valence electrons. The van der Waals surface area contributed by atoms with E-state index >= 15 is 0 Å². The van der Waals surface area contributed by atoms with Crippen molar-refractivity contribution >= 4 is 11.9 Å². The smallest absolute Gasteiger partial charge is 0.231 e. The van der Waals surface area contributed by atoms with E-state index in [4.69, 9.17) is 10.2 Å². The van der Waals surface area contributed by atoms with Crippen LogP contribution in [-0.2, 0) is 11.3 Å². The topological polar surface area (TPSA) is 95.9 Å². The second-order valence-corrected chi connectivity index (χ2v) is 6.03. The molecule has 0 atom stereocenters. The Hall–Kier alpha value is -2.02. The summed E-state index contributed by atoms with van der Waals surface area (Å²) in [5.74, 6) is 2.38. The monoisotopic (exact) mass is 321 g/mol. The molecule has 0 aliphatic carbocycles. The van der Waals surface area contributed by atoms with Gasteiger partial charge in [-0.2, -0.15) is 0 Å². The van der Waals surface area contributed by atoms with Crippen molar-refractivity contribution in [3.63, 3.8) is 0 Å². The normalized spacial score (nSPS) is 17.3. The maximum absolute atomic E-state index is 11.0. The van der Waals surface area contributed by atoms with Gasteiger partial charge >= 0.3 is 0 Å². The Morgan fingerprint density at radius 1 is 1.43 bits per heavy atom. The average molecular weight is 321 g/mol. The zero-order chi connectivity index (χ0) is 16.8. The van der Waals surface area contributed by atoms with Crippen LogP contribution in [0.2, 0.25) is 0 Å². The molecule has 2 heterocycles. The van der Waals surface area contributed by atoms with Gasteiger partial charge < -0.3 is 20.8 Å². The summed E-state index contributed by atoms with van der Waals surface area (Å²) >= 11 is 0. The predicted molar refractivity (Wildman–Crippen MR) is 90.2 cm³/mol. The SMILES string of the molecule is CN=C(NCc1cc(C)oc1C)NC1CCN(CC(N)=O)CC1. The van der Waals surface area contributed by atoms with Gasteiger partial charge in [-0.3, -0.25) is 14.7 Å². The molecule has 7 nitrogen and oxygen atoms in total. The molecule has 0 bridgehead atoms. The summed E-state index contributed by atoms with van der Waals surface area (Å²) in [5, 5.41) is 6.76. The molecule has 0 spiro atoms. The lowest BCUT2D eigenvalue weighted by Crippen LogP contribution is -2.49. The van der Waals surface area contributed by atoms with Crippen LogP contribution >= 0.6 is 0 Å². The number of aryl methyl sites for hydroxylation is 2. The number of carbonyl (C=O) groups excluding carboxylic acids is 1. The summed E-state index contributed by atoms with van der Waals surface area (Å²) in [6.07, 6.45) is 1.94. The summed E-state index contributed by atoms with van der Waals surface area (Å²) in [4.78, 5) is 17.3. The molecule has 0 saturated carbocycles. The average Bonchev–Trinajstić information content (AvgIpc) is 2.82. The molecular weight excluding hydrogens is 294 g/mol. The van der Waals surface area contributed by atoms with E-state index in [2.05, 4.69) is 20.5 Å². The van der Waals surface area contributed by atoms with Gasteiger partial charge in [0.2, 0.25) is 5.91 Å². The summed E-state index contributed by atoms with van der Waals surface area (Å²) < 4.78 is 5.53. The molecule has 1 saturated heterocycles. The Morgan fingerprint density at radius 2 is 2.13 bits per heavy atom. The third kappa shape index (κ3) is 5.28. The van der Waals surface area contributed by atoms with Gasteiger partial charge in [0, 0.05) is 38.3 Å². The number of carbonyl (C=O) groups is 1. The van der Waals surface area contributed by atoms with Crippen molar-refractivity contribution in [1.82, 2.24) is 15.5 Å². The number of nitrogens with one attached hydrogen (secondary N) is 2. The van der Waals surface area contributed by atoms with Crippen molar-refractivity contribution in [1.29, 1.82) is 0 Å². The van der Waals surface area contributed by atoms with Crippen molar-refractivity contribution in [3.8, 4) is 0 Å². The number of nitrogens with zero attached hydrogens (tertiary/aromatic N) is 2. The van der Waals surface area contributed by atoms with Gasteiger partial charge in [0.05, 0.1) is 6.54 Å². The number of rotatable bonds is 5. The second-order valence-electron chi connectivity index (χ2n) is 6.03. The molecule has 2 rings (SSSR count). The lowest BCUT2D eigenvalue weighted by atomic mass is 10.1. The van der Waals surface area contributed by atoms with Crippen LogP contribution in [0.5, 0.6) is 0 Å². The van der Waals surface area contributed by atoms with Gasteiger partial charge in [-0.15, -0.1) is 0 Å². The standard InChI is InChI=1S/C16H27N5O2/c1-11-8-13(12(2)23-11)9-19-16(18-3)20-14-4-6-21(7-5-14)10-15(17)22/h8,14H,4-7,9-10H2,1-3H3,(H2,17,22)(H2,18,19,20). The molecule has 7 heteroatoms. The van der Waals surface area contributed by atoms with Crippen LogP contribution in [0.4, 0.5) is 0 Å². The van der Waals surface area contributed by atoms with Gasteiger partial charge in [-0.25, -0.2) is 0 Å². The molecule has 1 amide bonds. The molecule has 0 unspecified atom stereocenters. The van der Waals surface area contributed by atoms with Gasteiger partial charge in [-0.1, -0.05) is 0 Å². The van der Waals surface area contributed by atoms with Crippen LogP contribution < -0.4 is 16.4 Å².